The molecule has 0 radical (unpaired) electrons. The van der Waals surface area contributed by atoms with Crippen molar-refractivity contribution in [2.45, 2.75) is 25.2 Å². The molecule has 2 aromatic carbocycles. The quantitative estimate of drug-likeness (QED) is 0.326. The van der Waals surface area contributed by atoms with Gasteiger partial charge < -0.3 is 19.3 Å². The standard InChI is InChI=1S/C28H37N5O6S2/c1-5-38-22-10-13-24-25(20-22)40-27(29-24)33(15-7-14-30(3)4)26(34)21-8-11-23(12-9-21)41(36,37)32-18-16-31(17-19-32)28(35)39-6-2/h8-13,20H,5-7,14-19H2,1-4H3. The number of fused-ring (bicyclic) bond motifs is 1. The van der Waals surface area contributed by atoms with Gasteiger partial charge in [0.05, 0.1) is 28.3 Å². The summed E-state index contributed by atoms with van der Waals surface area (Å²) >= 11 is 1.42. The monoisotopic (exact) mass is 603 g/mol. The molecule has 0 N–H and O–H groups in total. The summed E-state index contributed by atoms with van der Waals surface area (Å²) in [6, 6.07) is 11.7. The minimum absolute atomic E-state index is 0.0984. The molecule has 4 rings (SSSR count). The molecule has 0 atom stereocenters. The van der Waals surface area contributed by atoms with Crippen LogP contribution in [-0.4, -0.2) is 106 Å². The number of aromatic nitrogens is 1. The Morgan fingerprint density at radius 2 is 1.68 bits per heavy atom. The Labute approximate surface area is 245 Å². The van der Waals surface area contributed by atoms with Crippen molar-refractivity contribution in [3.8, 4) is 5.75 Å². The summed E-state index contributed by atoms with van der Waals surface area (Å²) in [6.07, 6.45) is 0.300. The third-order valence-corrected chi connectivity index (χ3v) is 9.58. The molecule has 0 saturated carbocycles. The van der Waals surface area contributed by atoms with Gasteiger partial charge in [-0.05, 0) is 83.4 Å². The van der Waals surface area contributed by atoms with E-state index in [2.05, 4.69) is 4.90 Å². The molecule has 2 heterocycles. The molecule has 0 spiro atoms. The van der Waals surface area contributed by atoms with Gasteiger partial charge in [-0.15, -0.1) is 0 Å². The van der Waals surface area contributed by atoms with Crippen LogP contribution in [0.25, 0.3) is 10.2 Å². The van der Waals surface area contributed by atoms with E-state index in [0.29, 0.717) is 23.8 Å². The number of carbonyl (C=O) groups is 2. The number of rotatable bonds is 11. The number of thiazole rings is 1. The van der Waals surface area contributed by atoms with Gasteiger partial charge in [-0.25, -0.2) is 18.2 Å². The van der Waals surface area contributed by atoms with Crippen LogP contribution in [0.3, 0.4) is 0 Å². The van der Waals surface area contributed by atoms with Crippen molar-refractivity contribution in [1.29, 1.82) is 0 Å². The van der Waals surface area contributed by atoms with Gasteiger partial charge in [0.2, 0.25) is 10.0 Å². The van der Waals surface area contributed by atoms with E-state index in [4.69, 9.17) is 14.5 Å². The Balaban J connectivity index is 1.52. The van der Waals surface area contributed by atoms with Crippen LogP contribution < -0.4 is 9.64 Å². The Morgan fingerprint density at radius 3 is 2.32 bits per heavy atom. The zero-order valence-electron chi connectivity index (χ0n) is 23.9. The topological polar surface area (TPSA) is 113 Å². The first kappa shape index (κ1) is 30.7. The normalized spacial score (nSPS) is 14.4. The molecule has 222 valence electrons. The van der Waals surface area contributed by atoms with Crippen LogP contribution in [0.2, 0.25) is 0 Å². The Kier molecular flexibility index (Phi) is 10.2. The molecule has 0 bridgehead atoms. The summed E-state index contributed by atoms with van der Waals surface area (Å²) in [5, 5.41) is 0.577. The van der Waals surface area contributed by atoms with Crippen molar-refractivity contribution in [2.75, 3.05) is 71.5 Å². The lowest BCUT2D eigenvalue weighted by atomic mass is 10.2. The molecule has 13 heteroatoms. The van der Waals surface area contributed by atoms with Gasteiger partial charge in [0.15, 0.2) is 5.13 Å². The van der Waals surface area contributed by atoms with E-state index in [1.54, 1.807) is 24.0 Å². The van der Waals surface area contributed by atoms with Crippen molar-refractivity contribution in [1.82, 2.24) is 19.1 Å². The minimum Gasteiger partial charge on any atom is -0.494 e. The lowest BCUT2D eigenvalue weighted by Crippen LogP contribution is -2.50. The van der Waals surface area contributed by atoms with Crippen LogP contribution in [0.1, 0.15) is 30.6 Å². The molecule has 1 saturated heterocycles. The second-order valence-corrected chi connectivity index (χ2v) is 12.7. The maximum absolute atomic E-state index is 13.7. The van der Waals surface area contributed by atoms with Crippen LogP contribution in [0.5, 0.6) is 5.75 Å². The van der Waals surface area contributed by atoms with Gasteiger partial charge >= 0.3 is 6.09 Å². The SMILES string of the molecule is CCOC(=O)N1CCN(S(=O)(=O)c2ccc(C(=O)N(CCCN(C)C)c3nc4ccc(OCC)cc4s3)cc2)CC1. The largest absolute Gasteiger partial charge is 0.494 e. The van der Waals surface area contributed by atoms with Gasteiger partial charge in [-0.1, -0.05) is 11.3 Å². The van der Waals surface area contributed by atoms with Gasteiger partial charge in [0.1, 0.15) is 5.75 Å². The van der Waals surface area contributed by atoms with Crippen LogP contribution in [0, 0.1) is 0 Å². The number of ether oxygens (including phenoxy) is 2. The summed E-state index contributed by atoms with van der Waals surface area (Å²) < 4.78 is 39.5. The molecule has 3 aromatic rings. The predicted molar refractivity (Wildman–Crippen MR) is 159 cm³/mol. The molecule has 2 amide bonds. The van der Waals surface area contributed by atoms with Crippen LogP contribution in [0.4, 0.5) is 9.93 Å². The van der Waals surface area contributed by atoms with Crippen LogP contribution in [-0.2, 0) is 14.8 Å². The smallest absolute Gasteiger partial charge is 0.409 e. The highest BCUT2D eigenvalue weighted by atomic mass is 32.2. The summed E-state index contributed by atoms with van der Waals surface area (Å²) in [7, 11) is 0.176. The van der Waals surface area contributed by atoms with E-state index in [1.807, 2.05) is 39.2 Å². The summed E-state index contributed by atoms with van der Waals surface area (Å²) in [5.74, 6) is 0.500. The van der Waals surface area contributed by atoms with Crippen LogP contribution >= 0.6 is 11.3 Å². The molecule has 0 unspecified atom stereocenters. The third-order valence-electron chi connectivity index (χ3n) is 6.63. The second kappa shape index (κ2) is 13.6. The zero-order chi connectivity index (χ0) is 29.6. The molecule has 1 aliphatic rings. The number of anilines is 1. The fraction of sp³-hybridized carbons (Fsp3) is 0.464. The number of hydrogen-bond acceptors (Lipinski definition) is 9. The average Bonchev–Trinajstić information content (AvgIpc) is 3.38. The molecule has 1 aliphatic heterocycles. The lowest BCUT2D eigenvalue weighted by Gasteiger charge is -2.33. The van der Waals surface area contributed by atoms with Crippen molar-refractivity contribution in [3.63, 3.8) is 0 Å². The Bertz CT molecular complexity index is 1450. The van der Waals surface area contributed by atoms with E-state index in [-0.39, 0.29) is 43.6 Å². The number of nitrogens with zero attached hydrogens (tertiary/aromatic N) is 5. The fourth-order valence-electron chi connectivity index (χ4n) is 4.49. The molecule has 1 aromatic heterocycles. The van der Waals surface area contributed by atoms with Gasteiger partial charge in [-0.3, -0.25) is 9.69 Å². The van der Waals surface area contributed by atoms with Crippen molar-refractivity contribution < 1.29 is 27.5 Å². The lowest BCUT2D eigenvalue weighted by molar-refractivity contribution is 0.0933. The summed E-state index contributed by atoms with van der Waals surface area (Å²) in [4.78, 5) is 35.7. The number of sulfonamides is 1. The van der Waals surface area contributed by atoms with Gasteiger partial charge in [-0.2, -0.15) is 4.31 Å². The maximum atomic E-state index is 13.7. The minimum atomic E-state index is -3.79. The highest BCUT2D eigenvalue weighted by Crippen LogP contribution is 2.32. The highest BCUT2D eigenvalue weighted by Gasteiger charge is 2.31. The summed E-state index contributed by atoms with van der Waals surface area (Å²) in [6.45, 7) is 6.59. The van der Waals surface area contributed by atoms with E-state index >= 15 is 0 Å². The van der Waals surface area contributed by atoms with E-state index in [9.17, 15) is 18.0 Å². The molecular weight excluding hydrogens is 566 g/mol. The van der Waals surface area contributed by atoms with E-state index in [1.165, 1.54) is 32.7 Å². The molecule has 0 aliphatic carbocycles. The fourth-order valence-corrected chi connectivity index (χ4v) is 6.93. The van der Waals surface area contributed by atoms with Gasteiger partial charge in [0, 0.05) is 38.3 Å². The predicted octanol–water partition coefficient (Wildman–Crippen LogP) is 3.76. The van der Waals surface area contributed by atoms with Crippen molar-refractivity contribution in [3.05, 3.63) is 48.0 Å². The number of carbonyl (C=O) groups excluding carboxylic acids is 2. The van der Waals surface area contributed by atoms with E-state index in [0.717, 1.165) is 28.9 Å². The summed E-state index contributed by atoms with van der Waals surface area (Å²) in [5.41, 5.74) is 1.15. The number of benzene rings is 2. The third kappa shape index (κ3) is 7.34. The van der Waals surface area contributed by atoms with Crippen LogP contribution in [0.15, 0.2) is 47.4 Å². The molecule has 41 heavy (non-hydrogen) atoms. The van der Waals surface area contributed by atoms with Gasteiger partial charge in [0.25, 0.3) is 5.91 Å². The first-order valence-electron chi connectivity index (χ1n) is 13.7. The number of amides is 2. The Hall–Kier alpha value is -3.26. The number of piperazine rings is 1. The number of hydrogen-bond donors (Lipinski definition) is 0. The average molecular weight is 604 g/mol. The first-order valence-corrected chi connectivity index (χ1v) is 15.9. The maximum Gasteiger partial charge on any atom is 0.409 e. The van der Waals surface area contributed by atoms with Crippen molar-refractivity contribution in [2.24, 2.45) is 0 Å². The second-order valence-electron chi connectivity index (χ2n) is 9.79. The Morgan fingerprint density at radius 1 is 0.976 bits per heavy atom. The molecule has 1 fully saturated rings. The molecular formula is C28H37N5O6S2. The first-order chi connectivity index (χ1) is 19.6. The van der Waals surface area contributed by atoms with Crippen molar-refractivity contribution >= 4 is 48.7 Å². The zero-order valence-corrected chi connectivity index (χ0v) is 25.5. The molecule has 11 nitrogen and oxygen atoms in total. The highest BCUT2D eigenvalue weighted by molar-refractivity contribution is 7.89. The van der Waals surface area contributed by atoms with E-state index < -0.39 is 16.1 Å².